The van der Waals surface area contributed by atoms with Gasteiger partial charge in [-0.3, -0.25) is 0 Å². The molecule has 8 nitrogen and oxygen atoms in total. The summed E-state index contributed by atoms with van der Waals surface area (Å²) in [5, 5.41) is 57.8. The Kier molecular flexibility index (Phi) is 8.08. The summed E-state index contributed by atoms with van der Waals surface area (Å²) in [6, 6.07) is 3.28. The fourth-order valence-corrected chi connectivity index (χ4v) is 0.368. The molecule has 0 spiro atoms. The number of carboxylic acid groups (broad SMARTS) is 1. The van der Waals surface area contributed by atoms with Gasteiger partial charge in [-0.15, -0.1) is 0 Å². The summed E-state index contributed by atoms with van der Waals surface area (Å²) in [4.78, 5) is 10.0. The van der Waals surface area contributed by atoms with E-state index in [4.69, 9.17) is 36.2 Å². The van der Waals surface area contributed by atoms with Gasteiger partial charge in [0.15, 0.2) is 0 Å². The summed E-state index contributed by atoms with van der Waals surface area (Å²) < 4.78 is 0. The molecule has 0 unspecified atom stereocenters. The Balaban J connectivity index is 0. The van der Waals surface area contributed by atoms with Crippen LogP contribution in [-0.4, -0.2) is 46.2 Å². The van der Waals surface area contributed by atoms with Crippen LogP contribution >= 0.6 is 0 Å². The van der Waals surface area contributed by atoms with Crippen molar-refractivity contribution in [1.82, 2.24) is 0 Å². The van der Waals surface area contributed by atoms with Crippen molar-refractivity contribution >= 4 is 5.97 Å². The van der Waals surface area contributed by atoms with Crippen molar-refractivity contribution in [2.24, 2.45) is 10.8 Å². The van der Waals surface area contributed by atoms with Gasteiger partial charge in [-0.05, 0) is 0 Å². The van der Waals surface area contributed by atoms with Crippen molar-refractivity contribution < 1.29 is 25.2 Å². The predicted molar refractivity (Wildman–Crippen MR) is 56.3 cm³/mol. The highest BCUT2D eigenvalue weighted by Gasteiger charge is 2.39. The smallest absolute Gasteiger partial charge is 0.353 e. The first kappa shape index (κ1) is 18.2. The van der Waals surface area contributed by atoms with Crippen LogP contribution in [0.2, 0.25) is 0 Å². The number of hydrogen-bond donors (Lipinski definition) is 4. The Morgan fingerprint density at radius 3 is 1.28 bits per heavy atom. The molecule has 18 heavy (non-hydrogen) atoms. The summed E-state index contributed by atoms with van der Waals surface area (Å²) in [7, 11) is 0. The highest BCUT2D eigenvalue weighted by molar-refractivity contribution is 5.85. The van der Waals surface area contributed by atoms with Gasteiger partial charge < -0.3 is 20.4 Å². The lowest BCUT2D eigenvalue weighted by Crippen LogP contribution is -2.29. The van der Waals surface area contributed by atoms with E-state index in [-0.39, 0.29) is 19.8 Å². The van der Waals surface area contributed by atoms with Crippen LogP contribution in [0.5, 0.6) is 0 Å². The number of nitriles is 3. The van der Waals surface area contributed by atoms with Crippen molar-refractivity contribution in [2.75, 3.05) is 19.8 Å². The Labute approximate surface area is 104 Å². The molecule has 0 bridgehead atoms. The second-order valence-electron chi connectivity index (χ2n) is 3.68. The monoisotopic (exact) mass is 255 g/mol. The quantitative estimate of drug-likeness (QED) is 0.475. The lowest BCUT2D eigenvalue weighted by molar-refractivity contribution is -0.140. The third kappa shape index (κ3) is 4.77. The highest BCUT2D eigenvalue weighted by Crippen LogP contribution is 2.12. The SMILES string of the molecule is CC(CO)(CO)CO.N#CC(C#N)(C#N)C(=O)O. The van der Waals surface area contributed by atoms with Gasteiger partial charge in [0.2, 0.25) is 0 Å². The van der Waals surface area contributed by atoms with E-state index in [2.05, 4.69) is 0 Å². The predicted octanol–water partition coefficient (Wildman–Crippen LogP) is -1.40. The molecule has 0 aromatic heterocycles. The number of aliphatic hydroxyl groups excluding tert-OH is 3. The number of rotatable bonds is 4. The average molecular weight is 255 g/mol. The zero-order valence-electron chi connectivity index (χ0n) is 9.66. The minimum Gasteiger partial charge on any atom is -0.478 e. The molecule has 8 heteroatoms. The standard InChI is InChI=1S/C5HN3O2.C5H12O3/c6-1-5(2-7,3-8)4(9)10;1-5(2-6,3-7)4-8/h(H,9,10);6-8H,2-4H2,1H3. The molecule has 0 rings (SSSR count). The molecule has 0 aliphatic carbocycles. The van der Waals surface area contributed by atoms with E-state index >= 15 is 0 Å². The average Bonchev–Trinajstić information content (AvgIpc) is 2.41. The summed E-state index contributed by atoms with van der Waals surface area (Å²) in [5.74, 6) is -1.74. The van der Waals surface area contributed by atoms with Crippen LogP contribution in [0, 0.1) is 44.8 Å². The summed E-state index contributed by atoms with van der Waals surface area (Å²) in [6.45, 7) is 1.06. The molecule has 0 saturated carbocycles. The largest absolute Gasteiger partial charge is 0.478 e. The van der Waals surface area contributed by atoms with Crippen LogP contribution in [0.4, 0.5) is 0 Å². The van der Waals surface area contributed by atoms with E-state index in [1.807, 2.05) is 0 Å². The first-order chi connectivity index (χ1) is 8.31. The molecule has 0 aromatic carbocycles. The third-order valence-corrected chi connectivity index (χ3v) is 1.97. The van der Waals surface area contributed by atoms with Gasteiger partial charge in [0.25, 0.3) is 0 Å². The first-order valence-corrected chi connectivity index (χ1v) is 4.61. The second-order valence-corrected chi connectivity index (χ2v) is 3.68. The van der Waals surface area contributed by atoms with E-state index in [1.54, 1.807) is 6.92 Å². The minimum atomic E-state index is -2.54. The van der Waals surface area contributed by atoms with Crippen LogP contribution in [0.1, 0.15) is 6.92 Å². The third-order valence-electron chi connectivity index (χ3n) is 1.97. The van der Waals surface area contributed by atoms with E-state index in [0.717, 1.165) is 18.2 Å². The fraction of sp³-hybridized carbons (Fsp3) is 0.600. The van der Waals surface area contributed by atoms with Crippen molar-refractivity contribution in [3.8, 4) is 18.2 Å². The summed E-state index contributed by atoms with van der Waals surface area (Å²) >= 11 is 0. The normalized spacial score (nSPS) is 10.1. The number of carboxylic acids is 1. The van der Waals surface area contributed by atoms with Gasteiger partial charge in [0.1, 0.15) is 18.2 Å². The lowest BCUT2D eigenvalue weighted by Gasteiger charge is -2.20. The van der Waals surface area contributed by atoms with Crippen molar-refractivity contribution in [2.45, 2.75) is 6.92 Å². The zero-order chi connectivity index (χ0) is 14.8. The van der Waals surface area contributed by atoms with Gasteiger partial charge >= 0.3 is 11.4 Å². The highest BCUT2D eigenvalue weighted by atomic mass is 16.4. The van der Waals surface area contributed by atoms with E-state index < -0.39 is 16.8 Å². The maximum absolute atomic E-state index is 10.0. The topological polar surface area (TPSA) is 169 Å². The number of hydrogen-bond acceptors (Lipinski definition) is 7. The molecule has 0 amide bonds. The molecule has 0 fully saturated rings. The van der Waals surface area contributed by atoms with Crippen molar-refractivity contribution in [3.63, 3.8) is 0 Å². The Morgan fingerprint density at radius 1 is 1.00 bits per heavy atom. The Bertz CT molecular complexity index is 353. The molecule has 0 heterocycles. The second kappa shape index (κ2) is 7.99. The van der Waals surface area contributed by atoms with Gasteiger partial charge in [0, 0.05) is 5.41 Å². The van der Waals surface area contributed by atoms with Crippen molar-refractivity contribution in [3.05, 3.63) is 0 Å². The number of aliphatic hydroxyl groups is 3. The maximum atomic E-state index is 10.0. The summed E-state index contributed by atoms with van der Waals surface area (Å²) in [5.41, 5.74) is -3.25. The van der Waals surface area contributed by atoms with Crippen molar-refractivity contribution in [1.29, 1.82) is 15.8 Å². The van der Waals surface area contributed by atoms with Crippen LogP contribution in [-0.2, 0) is 4.79 Å². The Morgan fingerprint density at radius 2 is 1.28 bits per heavy atom. The molecular formula is C10H13N3O5. The molecule has 0 aliphatic rings. The molecule has 4 N–H and O–H groups in total. The van der Waals surface area contributed by atoms with Gasteiger partial charge in [0.05, 0.1) is 19.8 Å². The van der Waals surface area contributed by atoms with E-state index in [1.165, 1.54) is 0 Å². The summed E-state index contributed by atoms with van der Waals surface area (Å²) in [6.07, 6.45) is 0. The lowest BCUT2D eigenvalue weighted by atomic mass is 9.95. The molecule has 0 radical (unpaired) electrons. The molecule has 0 saturated heterocycles. The van der Waals surface area contributed by atoms with Crippen LogP contribution < -0.4 is 0 Å². The molecule has 0 aromatic rings. The zero-order valence-corrected chi connectivity index (χ0v) is 9.66. The van der Waals surface area contributed by atoms with Gasteiger partial charge in [-0.1, -0.05) is 6.92 Å². The van der Waals surface area contributed by atoms with Crippen LogP contribution in [0.15, 0.2) is 0 Å². The first-order valence-electron chi connectivity index (χ1n) is 4.61. The van der Waals surface area contributed by atoms with Crippen LogP contribution in [0.3, 0.4) is 0 Å². The minimum absolute atomic E-state index is 0.181. The molecular weight excluding hydrogens is 242 g/mol. The molecule has 98 valence electrons. The van der Waals surface area contributed by atoms with Gasteiger partial charge in [-0.2, -0.15) is 15.8 Å². The van der Waals surface area contributed by atoms with E-state index in [9.17, 15) is 4.79 Å². The van der Waals surface area contributed by atoms with Gasteiger partial charge in [-0.25, -0.2) is 4.79 Å². The van der Waals surface area contributed by atoms with E-state index in [0.29, 0.717) is 0 Å². The molecule has 0 aliphatic heterocycles. The molecule has 0 atom stereocenters. The number of carbonyl (C=O) groups is 1. The fourth-order valence-electron chi connectivity index (χ4n) is 0.368. The number of nitrogens with zero attached hydrogens (tertiary/aromatic N) is 3. The Hall–Kier alpha value is -2.18. The number of aliphatic carboxylic acids is 1. The maximum Gasteiger partial charge on any atom is 0.353 e. The van der Waals surface area contributed by atoms with Crippen LogP contribution in [0.25, 0.3) is 0 Å².